The first-order valence-electron chi connectivity index (χ1n) is 7.73. The van der Waals surface area contributed by atoms with Crippen LogP contribution in [0.5, 0.6) is 0 Å². The molecule has 0 aromatic carbocycles. The normalized spacial score (nSPS) is 26.4. The smallest absolute Gasteiger partial charge is 0.320 e. The van der Waals surface area contributed by atoms with E-state index in [9.17, 15) is 14.7 Å². The Labute approximate surface area is 120 Å². The maximum Gasteiger partial charge on any atom is 0.320 e. The molecule has 2 aliphatic rings. The highest BCUT2D eigenvalue weighted by atomic mass is 16.4. The highest BCUT2D eigenvalue weighted by Gasteiger charge is 2.39. The molecule has 2 aliphatic heterocycles. The number of hydrogen-bond acceptors (Lipinski definition) is 2. The second-order valence-corrected chi connectivity index (χ2v) is 6.50. The fraction of sp³-hybridized carbons (Fsp3) is 0.867. The molecule has 1 N–H and O–H groups in total. The van der Waals surface area contributed by atoms with Crippen LogP contribution in [0.3, 0.4) is 0 Å². The standard InChI is InChI=1S/C15H26N2O3/c1-3-12-5-4-8-17(11-12)14(20)16-9-6-15(2,7-10-16)13(18)19/h12H,3-11H2,1-2H3,(H,18,19). The molecule has 0 aliphatic carbocycles. The summed E-state index contributed by atoms with van der Waals surface area (Å²) in [4.78, 5) is 27.5. The number of likely N-dealkylation sites (tertiary alicyclic amines) is 2. The van der Waals surface area contributed by atoms with Crippen LogP contribution in [0.2, 0.25) is 0 Å². The molecule has 0 aromatic heterocycles. The number of carboxylic acids is 1. The molecule has 114 valence electrons. The second kappa shape index (κ2) is 6.02. The summed E-state index contributed by atoms with van der Waals surface area (Å²) in [5.41, 5.74) is -0.662. The Morgan fingerprint density at radius 2 is 1.85 bits per heavy atom. The molecular weight excluding hydrogens is 256 g/mol. The molecule has 0 bridgehead atoms. The number of piperidine rings is 2. The largest absolute Gasteiger partial charge is 0.481 e. The lowest BCUT2D eigenvalue weighted by molar-refractivity contribution is -0.150. The van der Waals surface area contributed by atoms with Crippen molar-refractivity contribution in [1.82, 2.24) is 9.80 Å². The van der Waals surface area contributed by atoms with E-state index in [1.807, 2.05) is 9.80 Å². The Balaban J connectivity index is 1.90. The zero-order valence-corrected chi connectivity index (χ0v) is 12.6. The number of carboxylic acid groups (broad SMARTS) is 1. The van der Waals surface area contributed by atoms with E-state index in [2.05, 4.69) is 6.92 Å². The summed E-state index contributed by atoms with van der Waals surface area (Å²) in [6, 6.07) is 0.107. The third-order valence-electron chi connectivity index (χ3n) is 5.02. The highest BCUT2D eigenvalue weighted by Crippen LogP contribution is 2.32. The number of carbonyl (C=O) groups is 2. The number of hydrogen-bond donors (Lipinski definition) is 1. The molecule has 5 nitrogen and oxygen atoms in total. The van der Waals surface area contributed by atoms with Crippen molar-refractivity contribution in [3.63, 3.8) is 0 Å². The van der Waals surface area contributed by atoms with Gasteiger partial charge in [0.05, 0.1) is 5.41 Å². The van der Waals surface area contributed by atoms with Crippen molar-refractivity contribution in [1.29, 1.82) is 0 Å². The van der Waals surface area contributed by atoms with Crippen LogP contribution in [0.4, 0.5) is 4.79 Å². The van der Waals surface area contributed by atoms with E-state index in [4.69, 9.17) is 0 Å². The van der Waals surface area contributed by atoms with Gasteiger partial charge in [-0.3, -0.25) is 4.79 Å². The molecule has 2 heterocycles. The zero-order chi connectivity index (χ0) is 14.8. The predicted octanol–water partition coefficient (Wildman–Crippen LogP) is 2.42. The van der Waals surface area contributed by atoms with Crippen molar-refractivity contribution < 1.29 is 14.7 Å². The molecule has 1 unspecified atom stereocenters. The number of urea groups is 1. The maximum atomic E-state index is 12.5. The van der Waals surface area contributed by atoms with Crippen molar-refractivity contribution >= 4 is 12.0 Å². The Bertz CT molecular complexity index is 375. The fourth-order valence-corrected chi connectivity index (χ4v) is 3.18. The summed E-state index contributed by atoms with van der Waals surface area (Å²) >= 11 is 0. The van der Waals surface area contributed by atoms with E-state index >= 15 is 0 Å². The van der Waals surface area contributed by atoms with Gasteiger partial charge in [0.15, 0.2) is 0 Å². The molecule has 1 atom stereocenters. The summed E-state index contributed by atoms with van der Waals surface area (Å²) in [6.07, 6.45) is 4.54. The number of rotatable bonds is 2. The van der Waals surface area contributed by atoms with E-state index < -0.39 is 11.4 Å². The quantitative estimate of drug-likeness (QED) is 0.846. The van der Waals surface area contributed by atoms with Crippen LogP contribution in [0, 0.1) is 11.3 Å². The van der Waals surface area contributed by atoms with Crippen molar-refractivity contribution in [3.8, 4) is 0 Å². The Hall–Kier alpha value is -1.26. The molecule has 2 saturated heterocycles. The van der Waals surface area contributed by atoms with Gasteiger partial charge in [-0.2, -0.15) is 0 Å². The van der Waals surface area contributed by atoms with Gasteiger partial charge in [0.2, 0.25) is 0 Å². The molecule has 0 saturated carbocycles. The van der Waals surface area contributed by atoms with Gasteiger partial charge < -0.3 is 14.9 Å². The lowest BCUT2D eigenvalue weighted by atomic mass is 9.80. The summed E-state index contributed by atoms with van der Waals surface area (Å²) < 4.78 is 0. The minimum atomic E-state index is -0.742. The van der Waals surface area contributed by atoms with Crippen molar-refractivity contribution in [2.24, 2.45) is 11.3 Å². The molecular formula is C15H26N2O3. The molecule has 0 radical (unpaired) electrons. The van der Waals surface area contributed by atoms with E-state index in [-0.39, 0.29) is 6.03 Å². The van der Waals surface area contributed by atoms with Crippen LogP contribution < -0.4 is 0 Å². The Morgan fingerprint density at radius 1 is 1.20 bits per heavy atom. The van der Waals surface area contributed by atoms with Gasteiger partial charge in [0.1, 0.15) is 0 Å². The van der Waals surface area contributed by atoms with E-state index in [0.717, 1.165) is 25.9 Å². The average molecular weight is 282 g/mol. The first-order chi connectivity index (χ1) is 9.46. The SMILES string of the molecule is CCC1CCCN(C(=O)N2CCC(C)(C(=O)O)CC2)C1. The van der Waals surface area contributed by atoms with Crippen LogP contribution in [0.15, 0.2) is 0 Å². The van der Waals surface area contributed by atoms with Gasteiger partial charge in [-0.25, -0.2) is 4.79 Å². The average Bonchev–Trinajstić information content (AvgIpc) is 2.47. The van der Waals surface area contributed by atoms with Crippen LogP contribution in [0.1, 0.15) is 46.0 Å². The van der Waals surface area contributed by atoms with Crippen LogP contribution in [-0.4, -0.2) is 53.1 Å². The lowest BCUT2D eigenvalue weighted by Crippen LogP contribution is -2.52. The summed E-state index contributed by atoms with van der Waals surface area (Å²) in [5.74, 6) is -0.115. The van der Waals surface area contributed by atoms with Crippen LogP contribution in [0.25, 0.3) is 0 Å². The Morgan fingerprint density at radius 3 is 2.40 bits per heavy atom. The van der Waals surface area contributed by atoms with E-state index in [1.165, 1.54) is 6.42 Å². The molecule has 2 amide bonds. The van der Waals surface area contributed by atoms with Crippen LogP contribution in [-0.2, 0) is 4.79 Å². The number of carbonyl (C=O) groups excluding carboxylic acids is 1. The Kier molecular flexibility index (Phi) is 4.55. The highest BCUT2D eigenvalue weighted by molar-refractivity contribution is 5.77. The minimum absolute atomic E-state index is 0.107. The molecule has 2 rings (SSSR count). The number of amides is 2. The van der Waals surface area contributed by atoms with Gasteiger partial charge in [0, 0.05) is 26.2 Å². The van der Waals surface area contributed by atoms with Crippen molar-refractivity contribution in [2.75, 3.05) is 26.2 Å². The second-order valence-electron chi connectivity index (χ2n) is 6.50. The summed E-state index contributed by atoms with van der Waals surface area (Å²) in [6.45, 7) is 6.80. The van der Waals surface area contributed by atoms with Gasteiger partial charge in [-0.15, -0.1) is 0 Å². The summed E-state index contributed by atoms with van der Waals surface area (Å²) in [5, 5.41) is 9.22. The zero-order valence-electron chi connectivity index (χ0n) is 12.6. The van der Waals surface area contributed by atoms with E-state index in [0.29, 0.717) is 31.8 Å². The van der Waals surface area contributed by atoms with Gasteiger partial charge in [-0.05, 0) is 38.5 Å². The monoisotopic (exact) mass is 282 g/mol. The third-order valence-corrected chi connectivity index (χ3v) is 5.02. The molecule has 5 heteroatoms. The predicted molar refractivity (Wildman–Crippen MR) is 76.5 cm³/mol. The van der Waals surface area contributed by atoms with Gasteiger partial charge >= 0.3 is 12.0 Å². The van der Waals surface area contributed by atoms with E-state index in [1.54, 1.807) is 6.92 Å². The number of nitrogens with zero attached hydrogens (tertiary/aromatic N) is 2. The minimum Gasteiger partial charge on any atom is -0.481 e. The third kappa shape index (κ3) is 3.07. The van der Waals surface area contributed by atoms with Gasteiger partial charge in [0.25, 0.3) is 0 Å². The molecule has 20 heavy (non-hydrogen) atoms. The topological polar surface area (TPSA) is 60.9 Å². The molecule has 0 aromatic rings. The molecule has 2 fully saturated rings. The first kappa shape index (κ1) is 15.1. The summed E-state index contributed by atoms with van der Waals surface area (Å²) in [7, 11) is 0. The fourth-order valence-electron chi connectivity index (χ4n) is 3.18. The first-order valence-corrected chi connectivity index (χ1v) is 7.73. The van der Waals surface area contributed by atoms with Gasteiger partial charge in [-0.1, -0.05) is 13.3 Å². The maximum absolute atomic E-state index is 12.5. The molecule has 0 spiro atoms. The van der Waals surface area contributed by atoms with Crippen molar-refractivity contribution in [3.05, 3.63) is 0 Å². The number of aliphatic carboxylic acids is 1. The lowest BCUT2D eigenvalue weighted by Gasteiger charge is -2.41. The van der Waals surface area contributed by atoms with Crippen molar-refractivity contribution in [2.45, 2.75) is 46.0 Å². The van der Waals surface area contributed by atoms with Crippen LogP contribution >= 0.6 is 0 Å².